The lowest BCUT2D eigenvalue weighted by molar-refractivity contribution is -0.141. The van der Waals surface area contributed by atoms with Gasteiger partial charge in [-0.15, -0.1) is 0 Å². The molecule has 2 heterocycles. The highest BCUT2D eigenvalue weighted by Crippen LogP contribution is 2.30. The Morgan fingerprint density at radius 2 is 1.84 bits per heavy atom. The number of hydrogen-bond acceptors (Lipinski definition) is 7. The average Bonchev–Trinajstić information content (AvgIpc) is 3.57. The second-order valence-electron chi connectivity index (χ2n) is 9.16. The van der Waals surface area contributed by atoms with E-state index in [1.807, 2.05) is 44.2 Å². The third-order valence-electron chi connectivity index (χ3n) is 6.54. The van der Waals surface area contributed by atoms with Gasteiger partial charge in [-0.3, -0.25) is 4.79 Å². The van der Waals surface area contributed by atoms with Crippen LogP contribution in [-0.4, -0.2) is 54.7 Å². The Kier molecular flexibility index (Phi) is 8.31. The molecule has 1 aliphatic heterocycles. The molecule has 1 atom stereocenters. The third kappa shape index (κ3) is 6.20. The van der Waals surface area contributed by atoms with E-state index in [1.165, 1.54) is 15.7 Å². The average molecular weight is 528 g/mol. The lowest BCUT2D eigenvalue weighted by atomic mass is 10.1. The third-order valence-corrected chi connectivity index (χ3v) is 8.60. The molecule has 1 aliphatic rings. The summed E-state index contributed by atoms with van der Waals surface area (Å²) in [5.74, 6) is 1.14. The van der Waals surface area contributed by atoms with Gasteiger partial charge in [0, 0.05) is 24.7 Å². The van der Waals surface area contributed by atoms with E-state index in [-0.39, 0.29) is 13.2 Å². The summed E-state index contributed by atoms with van der Waals surface area (Å²) in [5.41, 5.74) is 3.42. The van der Waals surface area contributed by atoms with E-state index >= 15 is 0 Å². The molecule has 9 nitrogen and oxygen atoms in total. The van der Waals surface area contributed by atoms with Crippen LogP contribution >= 0.6 is 0 Å². The van der Waals surface area contributed by atoms with E-state index < -0.39 is 22.2 Å². The lowest BCUT2D eigenvalue weighted by Gasteiger charge is -2.31. The molecular weight excluding hydrogens is 494 g/mol. The van der Waals surface area contributed by atoms with Crippen molar-refractivity contribution < 1.29 is 27.1 Å². The fraction of sp³-hybridized carbons (Fsp3) is 0.407. The van der Waals surface area contributed by atoms with Crippen molar-refractivity contribution in [1.29, 1.82) is 0 Å². The standard InChI is InChI=1S/C27H33N3O6S/c1-19-10-12-22(13-11-19)27-28-25(21(3)36-27)18-35-24-9-7-8-23(16-24)20(2)30(17-26(31)34-4)37(32,33)29-14-5-6-15-29/h7-13,16,20H,5-6,14-15,17-18H2,1-4H3. The number of carbonyl (C=O) groups is 1. The molecule has 0 N–H and O–H groups in total. The minimum absolute atomic E-state index is 0.191. The van der Waals surface area contributed by atoms with Crippen LogP contribution < -0.4 is 4.74 Å². The van der Waals surface area contributed by atoms with Crippen molar-refractivity contribution in [2.45, 2.75) is 46.3 Å². The summed E-state index contributed by atoms with van der Waals surface area (Å²) in [4.78, 5) is 16.7. The van der Waals surface area contributed by atoms with Crippen LogP contribution in [0.1, 0.15) is 48.4 Å². The number of methoxy groups -OCH3 is 1. The molecular formula is C27H33N3O6S. The zero-order valence-electron chi connectivity index (χ0n) is 21.6. The first-order valence-corrected chi connectivity index (χ1v) is 13.7. The van der Waals surface area contributed by atoms with Gasteiger partial charge in [0.2, 0.25) is 5.89 Å². The monoisotopic (exact) mass is 527 g/mol. The Morgan fingerprint density at radius 1 is 1.14 bits per heavy atom. The minimum atomic E-state index is -3.85. The van der Waals surface area contributed by atoms with Gasteiger partial charge in [0.25, 0.3) is 10.2 Å². The van der Waals surface area contributed by atoms with E-state index in [1.54, 1.807) is 25.1 Å². The van der Waals surface area contributed by atoms with Gasteiger partial charge in [-0.2, -0.15) is 17.0 Å². The zero-order chi connectivity index (χ0) is 26.6. The Bertz CT molecular complexity index is 1330. The molecule has 1 fully saturated rings. The first-order valence-electron chi connectivity index (χ1n) is 12.3. The number of hydrogen-bond donors (Lipinski definition) is 0. The van der Waals surface area contributed by atoms with Gasteiger partial charge in [-0.05, 0) is 63.4 Å². The van der Waals surface area contributed by atoms with Crippen molar-refractivity contribution in [3.63, 3.8) is 0 Å². The van der Waals surface area contributed by atoms with E-state index in [9.17, 15) is 13.2 Å². The normalized spacial score (nSPS) is 15.2. The van der Waals surface area contributed by atoms with Crippen molar-refractivity contribution in [2.24, 2.45) is 0 Å². The number of carbonyl (C=O) groups excluding carboxylic acids is 1. The molecule has 10 heteroatoms. The van der Waals surface area contributed by atoms with Crippen LogP contribution in [0.4, 0.5) is 0 Å². The second kappa shape index (κ2) is 11.5. The Labute approximate surface area is 218 Å². The predicted octanol–water partition coefficient (Wildman–Crippen LogP) is 4.41. The zero-order valence-corrected chi connectivity index (χ0v) is 22.5. The SMILES string of the molecule is COC(=O)CN(C(C)c1cccc(OCc2nc(-c3ccc(C)cc3)oc2C)c1)S(=O)(=O)N1CCCC1. The summed E-state index contributed by atoms with van der Waals surface area (Å²) in [7, 11) is -2.60. The van der Waals surface area contributed by atoms with Gasteiger partial charge in [-0.25, -0.2) is 4.98 Å². The molecule has 0 radical (unpaired) electrons. The summed E-state index contributed by atoms with van der Waals surface area (Å²) in [5, 5.41) is 0. The first-order chi connectivity index (χ1) is 17.7. The van der Waals surface area contributed by atoms with Crippen LogP contribution in [0.5, 0.6) is 5.75 Å². The molecule has 1 unspecified atom stereocenters. The van der Waals surface area contributed by atoms with Crippen molar-refractivity contribution in [2.75, 3.05) is 26.7 Å². The summed E-state index contributed by atoms with van der Waals surface area (Å²) in [6, 6.07) is 14.5. The van der Waals surface area contributed by atoms with E-state index in [0.717, 1.165) is 24.0 Å². The number of oxazole rings is 1. The van der Waals surface area contributed by atoms with Crippen molar-refractivity contribution in [3.05, 3.63) is 71.1 Å². The van der Waals surface area contributed by atoms with Gasteiger partial charge in [-0.1, -0.05) is 29.8 Å². The number of aromatic nitrogens is 1. The predicted molar refractivity (Wildman–Crippen MR) is 139 cm³/mol. The Morgan fingerprint density at radius 3 is 2.51 bits per heavy atom. The number of ether oxygens (including phenoxy) is 2. The van der Waals surface area contributed by atoms with Crippen LogP contribution in [0.15, 0.2) is 52.9 Å². The largest absolute Gasteiger partial charge is 0.487 e. The number of rotatable bonds is 10. The summed E-state index contributed by atoms with van der Waals surface area (Å²) >= 11 is 0. The molecule has 2 aromatic carbocycles. The van der Waals surface area contributed by atoms with Gasteiger partial charge in [0.1, 0.15) is 30.4 Å². The topological polar surface area (TPSA) is 102 Å². The fourth-order valence-corrected chi connectivity index (χ4v) is 6.05. The van der Waals surface area contributed by atoms with Gasteiger partial charge in [0.05, 0.1) is 7.11 Å². The number of benzene rings is 2. The highest BCUT2D eigenvalue weighted by atomic mass is 32.2. The highest BCUT2D eigenvalue weighted by Gasteiger charge is 2.36. The van der Waals surface area contributed by atoms with E-state index in [2.05, 4.69) is 4.98 Å². The van der Waals surface area contributed by atoms with Gasteiger partial charge in [0.15, 0.2) is 0 Å². The Hall–Kier alpha value is -3.21. The molecule has 0 saturated carbocycles. The van der Waals surface area contributed by atoms with Crippen LogP contribution in [0, 0.1) is 13.8 Å². The maximum Gasteiger partial charge on any atom is 0.321 e. The van der Waals surface area contributed by atoms with Crippen LogP contribution in [0.25, 0.3) is 11.5 Å². The Balaban J connectivity index is 1.51. The van der Waals surface area contributed by atoms with E-state index in [0.29, 0.717) is 41.7 Å². The maximum atomic E-state index is 13.4. The quantitative estimate of drug-likeness (QED) is 0.360. The van der Waals surface area contributed by atoms with Crippen LogP contribution in [-0.2, 0) is 26.3 Å². The van der Waals surface area contributed by atoms with Crippen molar-refractivity contribution in [3.8, 4) is 17.2 Å². The summed E-state index contributed by atoms with van der Waals surface area (Å²) in [6.45, 7) is 6.32. The summed E-state index contributed by atoms with van der Waals surface area (Å²) < 4.78 is 46.0. The molecule has 1 aromatic heterocycles. The van der Waals surface area contributed by atoms with Gasteiger partial charge >= 0.3 is 5.97 Å². The second-order valence-corrected chi connectivity index (χ2v) is 11.0. The number of esters is 1. The van der Waals surface area contributed by atoms with Crippen molar-refractivity contribution in [1.82, 2.24) is 13.6 Å². The first kappa shape index (κ1) is 26.8. The number of aryl methyl sites for hydroxylation is 2. The molecule has 198 valence electrons. The smallest absolute Gasteiger partial charge is 0.321 e. The number of nitrogens with zero attached hydrogens (tertiary/aromatic N) is 3. The molecule has 0 amide bonds. The maximum absolute atomic E-state index is 13.4. The molecule has 3 aromatic rings. The molecule has 0 spiro atoms. The van der Waals surface area contributed by atoms with Crippen molar-refractivity contribution >= 4 is 16.2 Å². The fourth-order valence-electron chi connectivity index (χ4n) is 4.24. The van der Waals surface area contributed by atoms with Gasteiger partial charge < -0.3 is 13.9 Å². The van der Waals surface area contributed by atoms with E-state index in [4.69, 9.17) is 13.9 Å². The lowest BCUT2D eigenvalue weighted by Crippen LogP contribution is -2.46. The molecule has 4 rings (SSSR count). The summed E-state index contributed by atoms with van der Waals surface area (Å²) in [6.07, 6.45) is 1.60. The van der Waals surface area contributed by atoms with Crippen LogP contribution in [0.3, 0.4) is 0 Å². The molecule has 1 saturated heterocycles. The molecule has 0 aliphatic carbocycles. The van der Waals surface area contributed by atoms with Crippen LogP contribution in [0.2, 0.25) is 0 Å². The minimum Gasteiger partial charge on any atom is -0.487 e. The highest BCUT2D eigenvalue weighted by molar-refractivity contribution is 7.86. The molecule has 37 heavy (non-hydrogen) atoms. The molecule has 0 bridgehead atoms.